The maximum absolute atomic E-state index is 13.1. The topological polar surface area (TPSA) is 59.2 Å². The van der Waals surface area contributed by atoms with E-state index in [2.05, 4.69) is 49.7 Å². The van der Waals surface area contributed by atoms with E-state index in [4.69, 9.17) is 0 Å². The Morgan fingerprint density at radius 3 is 2.67 bits per heavy atom. The molecule has 0 saturated heterocycles. The van der Waals surface area contributed by atoms with Gasteiger partial charge in [0.1, 0.15) is 0 Å². The molecule has 1 aromatic carbocycles. The lowest BCUT2D eigenvalue weighted by Crippen LogP contribution is -2.38. The summed E-state index contributed by atoms with van der Waals surface area (Å²) in [7, 11) is 1.47. The summed E-state index contributed by atoms with van der Waals surface area (Å²) < 4.78 is 42.6. The van der Waals surface area contributed by atoms with Crippen molar-refractivity contribution in [2.45, 2.75) is 32.6 Å². The van der Waals surface area contributed by atoms with Crippen LogP contribution in [0.15, 0.2) is 47.7 Å². The van der Waals surface area contributed by atoms with E-state index in [9.17, 15) is 13.2 Å². The standard InChI is InChI=1S/C20H25F3N6.HI/c1-3-24-19(26-13-16-14-28(2)27-18(16)20(21,22)23)25-10-6-11-29-12-9-15-7-4-5-8-17(15)29;/h4-5,7-9,12,14H,3,6,10-11,13H2,1-2H3,(H2,24,25,26);1H. The van der Waals surface area contributed by atoms with Gasteiger partial charge in [-0.3, -0.25) is 4.68 Å². The molecule has 2 N–H and O–H groups in total. The highest BCUT2D eigenvalue weighted by atomic mass is 127. The number of aryl methyl sites for hydroxylation is 2. The first-order valence-corrected chi connectivity index (χ1v) is 9.54. The molecule has 3 aromatic rings. The summed E-state index contributed by atoms with van der Waals surface area (Å²) in [6.45, 7) is 3.92. The van der Waals surface area contributed by atoms with Gasteiger partial charge < -0.3 is 15.2 Å². The number of nitrogens with one attached hydrogen (secondary N) is 2. The average molecular weight is 534 g/mol. The molecule has 0 bridgehead atoms. The van der Waals surface area contributed by atoms with E-state index >= 15 is 0 Å². The van der Waals surface area contributed by atoms with Crippen LogP contribution in [0, 0.1) is 0 Å². The number of halogens is 4. The Morgan fingerprint density at radius 1 is 1.17 bits per heavy atom. The van der Waals surface area contributed by atoms with Crippen molar-refractivity contribution in [3.05, 3.63) is 54.0 Å². The van der Waals surface area contributed by atoms with Crippen molar-refractivity contribution >= 4 is 40.8 Å². The molecule has 6 nitrogen and oxygen atoms in total. The number of benzene rings is 1. The van der Waals surface area contributed by atoms with E-state index in [1.54, 1.807) is 0 Å². The smallest absolute Gasteiger partial charge is 0.357 e. The minimum atomic E-state index is -4.49. The number of aromatic nitrogens is 3. The molecular formula is C20H26F3IN6. The molecule has 0 aliphatic rings. The Balaban J connectivity index is 0.00000320. The van der Waals surface area contributed by atoms with Crippen molar-refractivity contribution in [3.8, 4) is 0 Å². The summed E-state index contributed by atoms with van der Waals surface area (Å²) in [6, 6.07) is 10.3. The molecule has 0 spiro atoms. The van der Waals surface area contributed by atoms with Crippen LogP contribution >= 0.6 is 24.0 Å². The highest BCUT2D eigenvalue weighted by molar-refractivity contribution is 14.0. The fraction of sp³-hybridized carbons (Fsp3) is 0.400. The van der Waals surface area contributed by atoms with Gasteiger partial charge in [-0.15, -0.1) is 24.0 Å². The molecule has 2 aromatic heterocycles. The van der Waals surface area contributed by atoms with Crippen LogP contribution in [0.3, 0.4) is 0 Å². The molecule has 0 amide bonds. The van der Waals surface area contributed by atoms with Gasteiger partial charge >= 0.3 is 6.18 Å². The third kappa shape index (κ3) is 6.13. The Hall–Kier alpha value is -2.24. The second-order valence-electron chi connectivity index (χ2n) is 6.72. The van der Waals surface area contributed by atoms with Gasteiger partial charge in [-0.1, -0.05) is 18.2 Å². The molecular weight excluding hydrogens is 508 g/mol. The molecule has 164 valence electrons. The number of hydrogen-bond acceptors (Lipinski definition) is 2. The number of guanidine groups is 1. The lowest BCUT2D eigenvalue weighted by atomic mass is 10.2. The normalized spacial score (nSPS) is 12.1. The fourth-order valence-corrected chi connectivity index (χ4v) is 3.19. The van der Waals surface area contributed by atoms with Crippen LogP contribution in [0.4, 0.5) is 13.2 Å². The molecule has 0 aliphatic carbocycles. The fourth-order valence-electron chi connectivity index (χ4n) is 3.19. The number of fused-ring (bicyclic) bond motifs is 1. The van der Waals surface area contributed by atoms with Crippen molar-refractivity contribution in [2.75, 3.05) is 13.1 Å². The van der Waals surface area contributed by atoms with Gasteiger partial charge in [0, 0.05) is 50.2 Å². The van der Waals surface area contributed by atoms with E-state index in [-0.39, 0.29) is 36.1 Å². The number of alkyl halides is 3. The van der Waals surface area contributed by atoms with Crippen LogP contribution in [0.2, 0.25) is 0 Å². The molecule has 0 saturated carbocycles. The Bertz CT molecular complexity index is 976. The molecule has 0 fully saturated rings. The predicted octanol–water partition coefficient (Wildman–Crippen LogP) is 4.16. The highest BCUT2D eigenvalue weighted by Gasteiger charge is 2.36. The van der Waals surface area contributed by atoms with Crippen LogP contribution in [-0.4, -0.2) is 33.4 Å². The number of nitrogens with zero attached hydrogens (tertiary/aromatic N) is 4. The second kappa shape index (κ2) is 10.7. The molecule has 30 heavy (non-hydrogen) atoms. The molecule has 3 rings (SSSR count). The van der Waals surface area contributed by atoms with Gasteiger partial charge in [-0.25, -0.2) is 4.99 Å². The molecule has 10 heteroatoms. The third-order valence-corrected chi connectivity index (χ3v) is 4.47. The molecule has 2 heterocycles. The zero-order chi connectivity index (χ0) is 20.9. The zero-order valence-corrected chi connectivity index (χ0v) is 19.2. The van der Waals surface area contributed by atoms with Gasteiger partial charge in [0.2, 0.25) is 0 Å². The van der Waals surface area contributed by atoms with Crippen LogP contribution in [-0.2, 0) is 26.3 Å². The minimum Gasteiger partial charge on any atom is -0.357 e. The van der Waals surface area contributed by atoms with Gasteiger partial charge in [0.05, 0.1) is 6.54 Å². The zero-order valence-electron chi connectivity index (χ0n) is 16.9. The lowest BCUT2D eigenvalue weighted by Gasteiger charge is -2.12. The van der Waals surface area contributed by atoms with E-state index in [1.807, 2.05) is 19.1 Å². The Morgan fingerprint density at radius 2 is 1.93 bits per heavy atom. The Kier molecular flexibility index (Phi) is 8.56. The summed E-state index contributed by atoms with van der Waals surface area (Å²) in [6.07, 6.45) is -0.223. The van der Waals surface area contributed by atoms with Crippen molar-refractivity contribution in [2.24, 2.45) is 12.0 Å². The van der Waals surface area contributed by atoms with Gasteiger partial charge in [0.15, 0.2) is 11.7 Å². The molecule has 0 atom stereocenters. The van der Waals surface area contributed by atoms with Crippen molar-refractivity contribution in [1.82, 2.24) is 25.0 Å². The quantitative estimate of drug-likeness (QED) is 0.207. The summed E-state index contributed by atoms with van der Waals surface area (Å²) in [5.41, 5.74) is 0.347. The van der Waals surface area contributed by atoms with Gasteiger partial charge in [-0.05, 0) is 30.9 Å². The second-order valence-corrected chi connectivity index (χ2v) is 6.72. The molecule has 0 radical (unpaired) electrons. The van der Waals surface area contributed by atoms with E-state index in [0.717, 1.165) is 17.6 Å². The van der Waals surface area contributed by atoms with Gasteiger partial charge in [0.25, 0.3) is 0 Å². The molecule has 0 aliphatic heterocycles. The summed E-state index contributed by atoms with van der Waals surface area (Å²) >= 11 is 0. The van der Waals surface area contributed by atoms with Crippen LogP contribution < -0.4 is 10.6 Å². The number of aliphatic imine (C=N–C) groups is 1. The highest BCUT2D eigenvalue weighted by Crippen LogP contribution is 2.30. The third-order valence-electron chi connectivity index (χ3n) is 4.47. The van der Waals surface area contributed by atoms with Crippen LogP contribution in [0.25, 0.3) is 10.9 Å². The van der Waals surface area contributed by atoms with Crippen molar-refractivity contribution < 1.29 is 13.2 Å². The van der Waals surface area contributed by atoms with Crippen molar-refractivity contribution in [3.63, 3.8) is 0 Å². The predicted molar refractivity (Wildman–Crippen MR) is 123 cm³/mol. The maximum Gasteiger partial charge on any atom is 0.435 e. The van der Waals surface area contributed by atoms with E-state index in [0.29, 0.717) is 19.0 Å². The maximum atomic E-state index is 13.1. The average Bonchev–Trinajstić information content (AvgIpc) is 3.26. The lowest BCUT2D eigenvalue weighted by molar-refractivity contribution is -0.142. The first-order chi connectivity index (χ1) is 13.9. The Labute approximate surface area is 190 Å². The van der Waals surface area contributed by atoms with Crippen molar-refractivity contribution in [1.29, 1.82) is 0 Å². The number of hydrogen-bond donors (Lipinski definition) is 2. The SMILES string of the molecule is CCNC(=NCc1cn(C)nc1C(F)(F)F)NCCCn1ccc2ccccc21.I. The van der Waals surface area contributed by atoms with E-state index < -0.39 is 11.9 Å². The summed E-state index contributed by atoms with van der Waals surface area (Å²) in [5.74, 6) is 0.488. The van der Waals surface area contributed by atoms with Crippen LogP contribution in [0.1, 0.15) is 24.6 Å². The first-order valence-electron chi connectivity index (χ1n) is 9.54. The number of rotatable bonds is 7. The first kappa shape index (κ1) is 24.0. The number of para-hydroxylation sites is 1. The monoisotopic (exact) mass is 534 g/mol. The van der Waals surface area contributed by atoms with E-state index in [1.165, 1.54) is 24.1 Å². The van der Waals surface area contributed by atoms with Gasteiger partial charge in [-0.2, -0.15) is 18.3 Å². The summed E-state index contributed by atoms with van der Waals surface area (Å²) in [5, 5.41) is 11.0. The minimum absolute atomic E-state index is 0. The molecule has 0 unspecified atom stereocenters. The largest absolute Gasteiger partial charge is 0.435 e. The van der Waals surface area contributed by atoms with Crippen LogP contribution in [0.5, 0.6) is 0 Å². The summed E-state index contributed by atoms with van der Waals surface area (Å²) in [4.78, 5) is 4.29.